The highest BCUT2D eigenvalue weighted by Gasteiger charge is 2.08. The summed E-state index contributed by atoms with van der Waals surface area (Å²) in [6, 6.07) is 19.5. The lowest BCUT2D eigenvalue weighted by Crippen LogP contribution is -2.00. The second-order valence-electron chi connectivity index (χ2n) is 4.91. The molecule has 0 N–H and O–H groups in total. The van der Waals surface area contributed by atoms with E-state index in [1.165, 1.54) is 23.1 Å². The van der Waals surface area contributed by atoms with Gasteiger partial charge in [-0.15, -0.1) is 0 Å². The number of rotatable bonds is 4. The minimum absolute atomic E-state index is 0.571. The lowest BCUT2D eigenvalue weighted by Gasteiger charge is -2.14. The Morgan fingerprint density at radius 1 is 0.833 bits per heavy atom. The summed E-state index contributed by atoms with van der Waals surface area (Å²) in [6.45, 7) is 4.49. The predicted octanol–water partition coefficient (Wildman–Crippen LogP) is 5.63. The third-order valence-corrected chi connectivity index (χ3v) is 3.64. The van der Waals surface area contributed by atoms with Gasteiger partial charge in [-0.2, -0.15) is 0 Å². The van der Waals surface area contributed by atoms with Gasteiger partial charge in [-0.1, -0.05) is 84.4 Å². The fourth-order valence-corrected chi connectivity index (χ4v) is 2.82. The highest BCUT2D eigenvalue weighted by molar-refractivity contribution is 9.09. The minimum Gasteiger partial charge on any atom is -0.0893 e. The first-order valence-electron chi connectivity index (χ1n) is 6.46. The largest absolute Gasteiger partial charge is 0.0893 e. The molecule has 0 saturated heterocycles. The number of hydrogen-bond donors (Lipinski definition) is 0. The lowest BCUT2D eigenvalue weighted by molar-refractivity contribution is 0.682. The van der Waals surface area contributed by atoms with Gasteiger partial charge in [-0.3, -0.25) is 0 Å². The molecule has 2 rings (SSSR count). The van der Waals surface area contributed by atoms with Gasteiger partial charge in [-0.25, -0.2) is 0 Å². The van der Waals surface area contributed by atoms with Crippen LogP contribution in [-0.4, -0.2) is 4.83 Å². The van der Waals surface area contributed by atoms with Gasteiger partial charge in [0.15, 0.2) is 0 Å². The molecule has 0 aromatic heterocycles. The van der Waals surface area contributed by atoms with E-state index >= 15 is 0 Å². The molecular weight excluding hydrogens is 284 g/mol. The van der Waals surface area contributed by atoms with E-state index in [-0.39, 0.29) is 0 Å². The van der Waals surface area contributed by atoms with Crippen LogP contribution in [-0.2, 0) is 0 Å². The van der Waals surface area contributed by atoms with E-state index in [1.807, 2.05) is 0 Å². The first-order chi connectivity index (χ1) is 8.66. The zero-order chi connectivity index (χ0) is 13.0. The van der Waals surface area contributed by atoms with Crippen LogP contribution in [0.4, 0.5) is 0 Å². The van der Waals surface area contributed by atoms with Gasteiger partial charge in [0, 0.05) is 4.83 Å². The molecular formula is C17H19Br. The van der Waals surface area contributed by atoms with Gasteiger partial charge in [0.25, 0.3) is 0 Å². The molecule has 2 aromatic carbocycles. The Hall–Kier alpha value is -1.08. The van der Waals surface area contributed by atoms with Gasteiger partial charge in [0.2, 0.25) is 0 Å². The topological polar surface area (TPSA) is 0 Å². The Kier molecular flexibility index (Phi) is 4.60. The van der Waals surface area contributed by atoms with E-state index in [9.17, 15) is 0 Å². The molecule has 0 heterocycles. The summed E-state index contributed by atoms with van der Waals surface area (Å²) < 4.78 is 0. The predicted molar refractivity (Wildman–Crippen MR) is 83.3 cm³/mol. The Morgan fingerprint density at radius 3 is 1.94 bits per heavy atom. The molecule has 94 valence electrons. The Bertz CT molecular complexity index is 471. The van der Waals surface area contributed by atoms with Gasteiger partial charge >= 0.3 is 0 Å². The van der Waals surface area contributed by atoms with Crippen molar-refractivity contribution in [2.24, 2.45) is 0 Å². The molecule has 2 atom stereocenters. The van der Waals surface area contributed by atoms with E-state index in [2.05, 4.69) is 84.4 Å². The standard InChI is InChI=1S/C17H19Br/c1-13(12-14(2)18)15-8-10-17(11-9-15)16-6-4-3-5-7-16/h3-11,13-14H,12H2,1-2H3. The molecule has 18 heavy (non-hydrogen) atoms. The van der Waals surface area contributed by atoms with Crippen molar-refractivity contribution >= 4 is 15.9 Å². The zero-order valence-corrected chi connectivity index (χ0v) is 12.5. The second-order valence-corrected chi connectivity index (χ2v) is 6.47. The summed E-state index contributed by atoms with van der Waals surface area (Å²) in [6.07, 6.45) is 1.17. The maximum atomic E-state index is 3.62. The third kappa shape index (κ3) is 3.46. The van der Waals surface area contributed by atoms with Crippen molar-refractivity contribution in [3.05, 3.63) is 60.2 Å². The first kappa shape index (κ1) is 13.4. The summed E-state index contributed by atoms with van der Waals surface area (Å²) >= 11 is 3.62. The Balaban J connectivity index is 2.15. The normalized spacial score (nSPS) is 14.2. The molecule has 0 aliphatic heterocycles. The monoisotopic (exact) mass is 302 g/mol. The fraction of sp³-hybridized carbons (Fsp3) is 0.294. The molecule has 0 saturated carbocycles. The van der Waals surface area contributed by atoms with Crippen LogP contribution in [0, 0.1) is 0 Å². The summed E-state index contributed by atoms with van der Waals surface area (Å²) in [5.41, 5.74) is 3.99. The molecule has 0 nitrogen and oxygen atoms in total. The minimum atomic E-state index is 0.571. The number of halogens is 1. The van der Waals surface area contributed by atoms with Crippen molar-refractivity contribution in [3.63, 3.8) is 0 Å². The molecule has 0 radical (unpaired) electrons. The smallest absolute Gasteiger partial charge is 0.0123 e. The highest BCUT2D eigenvalue weighted by Crippen LogP contribution is 2.26. The van der Waals surface area contributed by atoms with Crippen molar-refractivity contribution in [3.8, 4) is 11.1 Å². The van der Waals surface area contributed by atoms with Crippen molar-refractivity contribution in [1.82, 2.24) is 0 Å². The van der Waals surface area contributed by atoms with E-state index in [1.54, 1.807) is 0 Å². The van der Waals surface area contributed by atoms with Crippen molar-refractivity contribution in [1.29, 1.82) is 0 Å². The average molecular weight is 303 g/mol. The van der Waals surface area contributed by atoms with Gasteiger partial charge in [0.1, 0.15) is 0 Å². The van der Waals surface area contributed by atoms with Crippen LogP contribution in [0.1, 0.15) is 31.7 Å². The van der Waals surface area contributed by atoms with E-state index in [0.29, 0.717) is 10.7 Å². The maximum Gasteiger partial charge on any atom is 0.0123 e. The van der Waals surface area contributed by atoms with E-state index in [0.717, 1.165) is 0 Å². The molecule has 0 aliphatic carbocycles. The van der Waals surface area contributed by atoms with Crippen LogP contribution in [0.15, 0.2) is 54.6 Å². The molecule has 0 spiro atoms. The second kappa shape index (κ2) is 6.19. The SMILES string of the molecule is CC(Br)CC(C)c1ccc(-c2ccccc2)cc1. The molecule has 2 aromatic rings. The van der Waals surface area contributed by atoms with Crippen LogP contribution in [0.25, 0.3) is 11.1 Å². The molecule has 1 heteroatoms. The number of alkyl halides is 1. The van der Waals surface area contributed by atoms with Gasteiger partial charge < -0.3 is 0 Å². The lowest BCUT2D eigenvalue weighted by atomic mass is 9.94. The molecule has 0 bridgehead atoms. The van der Waals surface area contributed by atoms with Crippen molar-refractivity contribution in [2.75, 3.05) is 0 Å². The third-order valence-electron chi connectivity index (χ3n) is 3.27. The molecule has 0 aliphatic rings. The van der Waals surface area contributed by atoms with Crippen LogP contribution < -0.4 is 0 Å². The van der Waals surface area contributed by atoms with E-state index in [4.69, 9.17) is 0 Å². The molecule has 0 amide bonds. The summed E-state index contributed by atoms with van der Waals surface area (Å²) in [7, 11) is 0. The number of hydrogen-bond acceptors (Lipinski definition) is 0. The number of benzene rings is 2. The van der Waals surface area contributed by atoms with Crippen molar-refractivity contribution < 1.29 is 0 Å². The Labute approximate surface area is 118 Å². The van der Waals surface area contributed by atoms with Crippen LogP contribution in [0.5, 0.6) is 0 Å². The highest BCUT2D eigenvalue weighted by atomic mass is 79.9. The average Bonchev–Trinajstić information content (AvgIpc) is 2.39. The zero-order valence-electron chi connectivity index (χ0n) is 10.9. The van der Waals surface area contributed by atoms with Crippen molar-refractivity contribution in [2.45, 2.75) is 31.0 Å². The first-order valence-corrected chi connectivity index (χ1v) is 7.38. The van der Waals surface area contributed by atoms with E-state index < -0.39 is 0 Å². The van der Waals surface area contributed by atoms with Crippen LogP contribution >= 0.6 is 15.9 Å². The summed E-state index contributed by atoms with van der Waals surface area (Å²) in [4.78, 5) is 0.571. The maximum absolute atomic E-state index is 3.62. The van der Waals surface area contributed by atoms with Crippen LogP contribution in [0.2, 0.25) is 0 Å². The Morgan fingerprint density at radius 2 is 1.39 bits per heavy atom. The quantitative estimate of drug-likeness (QED) is 0.642. The van der Waals surface area contributed by atoms with Gasteiger partial charge in [-0.05, 0) is 29.0 Å². The summed E-state index contributed by atoms with van der Waals surface area (Å²) in [5, 5.41) is 0. The summed E-state index contributed by atoms with van der Waals surface area (Å²) in [5.74, 6) is 0.601. The van der Waals surface area contributed by atoms with Gasteiger partial charge in [0.05, 0.1) is 0 Å². The molecule has 0 fully saturated rings. The van der Waals surface area contributed by atoms with Crippen LogP contribution in [0.3, 0.4) is 0 Å². The fourth-order valence-electron chi connectivity index (χ4n) is 2.26. The molecule has 2 unspecified atom stereocenters.